The Kier molecular flexibility index (Phi) is 5.32. The smallest absolute Gasteiger partial charge is 0.263 e. The van der Waals surface area contributed by atoms with Crippen LogP contribution in [0.2, 0.25) is 0 Å². The van der Waals surface area contributed by atoms with Gasteiger partial charge < -0.3 is 14.8 Å². The summed E-state index contributed by atoms with van der Waals surface area (Å²) in [7, 11) is 3.49. The van der Waals surface area contributed by atoms with Gasteiger partial charge in [0.05, 0.1) is 6.54 Å². The van der Waals surface area contributed by atoms with Gasteiger partial charge in [-0.3, -0.25) is 14.4 Å². The van der Waals surface area contributed by atoms with Gasteiger partial charge in [-0.15, -0.1) is 0 Å². The maximum Gasteiger partial charge on any atom is 0.263 e. The zero-order valence-electron chi connectivity index (χ0n) is 15.1. The van der Waals surface area contributed by atoms with Crippen LogP contribution in [0.5, 0.6) is 0 Å². The van der Waals surface area contributed by atoms with E-state index in [4.69, 9.17) is 0 Å². The van der Waals surface area contributed by atoms with Crippen molar-refractivity contribution >= 4 is 11.7 Å². The monoisotopic (exact) mass is 353 g/mol. The van der Waals surface area contributed by atoms with E-state index in [2.05, 4.69) is 10.2 Å². The average Bonchev–Trinajstić information content (AvgIpc) is 2.62. The molecule has 2 heterocycles. The van der Waals surface area contributed by atoms with Gasteiger partial charge >= 0.3 is 0 Å². The van der Waals surface area contributed by atoms with Crippen molar-refractivity contribution in [3.63, 3.8) is 0 Å². The van der Waals surface area contributed by atoms with Gasteiger partial charge in [-0.1, -0.05) is 30.3 Å². The predicted molar refractivity (Wildman–Crippen MR) is 99.6 cm³/mol. The largest absolute Gasteiger partial charge is 0.355 e. The first-order chi connectivity index (χ1) is 12.5. The van der Waals surface area contributed by atoms with Crippen LogP contribution in [-0.2, 0) is 6.54 Å². The minimum Gasteiger partial charge on any atom is -0.355 e. The molecule has 1 aliphatic rings. The zero-order valence-corrected chi connectivity index (χ0v) is 15.1. The van der Waals surface area contributed by atoms with Gasteiger partial charge in [0.2, 0.25) is 0 Å². The number of aromatic nitrogens is 1. The molecule has 0 aliphatic carbocycles. The second-order valence-electron chi connectivity index (χ2n) is 6.85. The van der Waals surface area contributed by atoms with Crippen LogP contribution < -0.4 is 10.9 Å². The summed E-state index contributed by atoms with van der Waals surface area (Å²) in [6, 6.07) is 10.9. The lowest BCUT2D eigenvalue weighted by atomic mass is 9.92. The van der Waals surface area contributed by atoms with Gasteiger partial charge in [-0.25, -0.2) is 0 Å². The van der Waals surface area contributed by atoms with Crippen molar-refractivity contribution in [2.45, 2.75) is 13.0 Å². The van der Waals surface area contributed by atoms with Crippen molar-refractivity contribution in [1.82, 2.24) is 14.8 Å². The number of amides is 1. The molecule has 0 radical (unpaired) electrons. The Morgan fingerprint density at radius 1 is 1.19 bits per heavy atom. The highest BCUT2D eigenvalue weighted by molar-refractivity contribution is 6.00. The summed E-state index contributed by atoms with van der Waals surface area (Å²) in [5.41, 5.74) is 0.949. The maximum atomic E-state index is 12.7. The van der Waals surface area contributed by atoms with E-state index in [0.29, 0.717) is 24.4 Å². The number of nitrogens with one attached hydrogen (secondary N) is 1. The number of ketones is 1. The Morgan fingerprint density at radius 3 is 2.50 bits per heavy atom. The summed E-state index contributed by atoms with van der Waals surface area (Å²) in [6.45, 7) is 2.12. The highest BCUT2D eigenvalue weighted by Crippen LogP contribution is 2.19. The molecule has 136 valence electrons. The van der Waals surface area contributed by atoms with Crippen LogP contribution in [0.15, 0.2) is 47.4 Å². The third-order valence-electron chi connectivity index (χ3n) is 4.69. The molecular weight excluding hydrogens is 330 g/mol. The Hall–Kier alpha value is -2.73. The van der Waals surface area contributed by atoms with Gasteiger partial charge in [-0.05, 0) is 24.6 Å². The van der Waals surface area contributed by atoms with Gasteiger partial charge in [0.15, 0.2) is 5.78 Å². The SMILES string of the molecule is CNC(=O)c1cc(C(=O)CC2CN(C)C2)cn(Cc2ccccc2)c1=O. The Balaban J connectivity index is 1.93. The molecule has 1 N–H and O–H groups in total. The van der Waals surface area contributed by atoms with E-state index in [1.165, 1.54) is 17.7 Å². The minimum absolute atomic E-state index is 0.00000798. The van der Waals surface area contributed by atoms with E-state index in [-0.39, 0.29) is 11.3 Å². The first kappa shape index (κ1) is 18.1. The van der Waals surface area contributed by atoms with Crippen LogP contribution in [0.3, 0.4) is 0 Å². The number of hydrogen-bond donors (Lipinski definition) is 1. The van der Waals surface area contributed by atoms with Gasteiger partial charge in [0.25, 0.3) is 11.5 Å². The highest BCUT2D eigenvalue weighted by Gasteiger charge is 2.26. The third-order valence-corrected chi connectivity index (χ3v) is 4.69. The van der Waals surface area contributed by atoms with Gasteiger partial charge in [-0.2, -0.15) is 0 Å². The van der Waals surface area contributed by atoms with Gasteiger partial charge in [0, 0.05) is 38.3 Å². The molecule has 1 saturated heterocycles. The third kappa shape index (κ3) is 3.91. The maximum absolute atomic E-state index is 12.7. The number of nitrogens with zero attached hydrogens (tertiary/aromatic N) is 2. The average molecular weight is 353 g/mol. The number of benzene rings is 1. The molecule has 3 rings (SSSR count). The number of Topliss-reactive ketones (excluding diaryl/α,β-unsaturated/α-hetero) is 1. The first-order valence-electron chi connectivity index (χ1n) is 8.70. The van der Waals surface area contributed by atoms with Crippen molar-refractivity contribution < 1.29 is 9.59 Å². The molecule has 1 aromatic carbocycles. The van der Waals surface area contributed by atoms with Crippen LogP contribution in [-0.4, -0.2) is 48.3 Å². The molecule has 2 aromatic rings. The molecule has 0 spiro atoms. The quantitative estimate of drug-likeness (QED) is 0.797. The number of pyridine rings is 1. The van der Waals surface area contributed by atoms with Crippen molar-refractivity contribution in [1.29, 1.82) is 0 Å². The van der Waals surface area contributed by atoms with E-state index in [0.717, 1.165) is 18.7 Å². The fraction of sp³-hybridized carbons (Fsp3) is 0.350. The fourth-order valence-corrected chi connectivity index (χ4v) is 3.32. The van der Waals surface area contributed by atoms with Crippen molar-refractivity contribution in [2.24, 2.45) is 5.92 Å². The molecule has 0 bridgehead atoms. The lowest BCUT2D eigenvalue weighted by molar-refractivity contribution is 0.0835. The van der Waals surface area contributed by atoms with Crippen molar-refractivity contribution in [2.75, 3.05) is 27.2 Å². The van der Waals surface area contributed by atoms with E-state index < -0.39 is 11.5 Å². The van der Waals surface area contributed by atoms with Crippen LogP contribution in [0.4, 0.5) is 0 Å². The normalized spacial score (nSPS) is 14.7. The molecule has 0 unspecified atom stereocenters. The fourth-order valence-electron chi connectivity index (χ4n) is 3.32. The summed E-state index contributed by atoms with van der Waals surface area (Å²) < 4.78 is 1.44. The molecule has 1 fully saturated rings. The molecule has 6 heteroatoms. The van der Waals surface area contributed by atoms with Crippen molar-refractivity contribution in [3.05, 3.63) is 69.6 Å². The molecule has 0 saturated carbocycles. The number of likely N-dealkylation sites (tertiary alicyclic amines) is 1. The predicted octanol–water partition coefficient (Wildman–Crippen LogP) is 1.39. The van der Waals surface area contributed by atoms with Gasteiger partial charge in [0.1, 0.15) is 5.56 Å². The lowest BCUT2D eigenvalue weighted by Crippen LogP contribution is -2.44. The molecule has 0 atom stereocenters. The summed E-state index contributed by atoms with van der Waals surface area (Å²) in [5, 5.41) is 2.48. The van der Waals surface area contributed by atoms with Crippen LogP contribution in [0.25, 0.3) is 0 Å². The van der Waals surface area contributed by atoms with Crippen molar-refractivity contribution in [3.8, 4) is 0 Å². The van der Waals surface area contributed by atoms with E-state index in [1.54, 1.807) is 6.20 Å². The highest BCUT2D eigenvalue weighted by atomic mass is 16.2. The van der Waals surface area contributed by atoms with Crippen LogP contribution in [0.1, 0.15) is 32.7 Å². The summed E-state index contributed by atoms with van der Waals surface area (Å²) in [5.74, 6) is -0.171. The summed E-state index contributed by atoms with van der Waals surface area (Å²) >= 11 is 0. The molecule has 1 aliphatic heterocycles. The Morgan fingerprint density at radius 2 is 1.88 bits per heavy atom. The lowest BCUT2D eigenvalue weighted by Gasteiger charge is -2.35. The van der Waals surface area contributed by atoms with Crippen LogP contribution >= 0.6 is 0 Å². The summed E-state index contributed by atoms with van der Waals surface area (Å²) in [4.78, 5) is 39.6. The minimum atomic E-state index is -0.477. The van der Waals surface area contributed by atoms with Crippen LogP contribution in [0, 0.1) is 5.92 Å². The number of carbonyl (C=O) groups excluding carboxylic acids is 2. The first-order valence-corrected chi connectivity index (χ1v) is 8.70. The second-order valence-corrected chi connectivity index (χ2v) is 6.85. The number of carbonyl (C=O) groups is 2. The van der Waals surface area contributed by atoms with E-state index in [1.807, 2.05) is 37.4 Å². The Bertz CT molecular complexity index is 868. The molecule has 1 amide bonds. The summed E-state index contributed by atoms with van der Waals surface area (Å²) in [6.07, 6.45) is 2.01. The zero-order chi connectivity index (χ0) is 18.7. The topological polar surface area (TPSA) is 71.4 Å². The molecule has 1 aromatic heterocycles. The molecular formula is C20H23N3O3. The standard InChI is InChI=1S/C20H23N3O3/c1-21-19(25)17-9-16(18(24)8-15-10-22(2)11-15)13-23(20(17)26)12-14-6-4-3-5-7-14/h3-7,9,13,15H,8,10-12H2,1-2H3,(H,21,25). The molecule has 6 nitrogen and oxygen atoms in total. The van der Waals surface area contributed by atoms with E-state index >= 15 is 0 Å². The second kappa shape index (κ2) is 7.66. The van der Waals surface area contributed by atoms with E-state index in [9.17, 15) is 14.4 Å². The molecule has 26 heavy (non-hydrogen) atoms. The number of rotatable bonds is 6. The Labute approximate surface area is 152 Å². The number of hydrogen-bond acceptors (Lipinski definition) is 4.